The molecule has 7 heteroatoms. The second kappa shape index (κ2) is 7.11. The fourth-order valence-corrected chi connectivity index (χ4v) is 3.28. The number of anilines is 1. The van der Waals surface area contributed by atoms with Crippen LogP contribution in [0.25, 0.3) is 0 Å². The number of rotatable bonds is 4. The van der Waals surface area contributed by atoms with Crippen molar-refractivity contribution >= 4 is 29.0 Å². The number of nitrogens with zero attached hydrogens (tertiary/aromatic N) is 2. The number of nitro benzene ring substituents is 1. The Morgan fingerprint density at radius 1 is 0.900 bits per heavy atom. The van der Waals surface area contributed by atoms with Gasteiger partial charge in [-0.2, -0.15) is 0 Å². The van der Waals surface area contributed by atoms with Gasteiger partial charge in [0, 0.05) is 28.8 Å². The van der Waals surface area contributed by atoms with Crippen LogP contribution in [0.1, 0.15) is 42.2 Å². The monoisotopic (exact) mass is 396 g/mol. The average molecular weight is 396 g/mol. The molecular formula is C23H12N2O5. The van der Waals surface area contributed by atoms with Crippen LogP contribution in [0.15, 0.2) is 66.7 Å². The second-order valence-corrected chi connectivity index (χ2v) is 6.54. The highest BCUT2D eigenvalue weighted by Gasteiger charge is 2.37. The van der Waals surface area contributed by atoms with Crippen LogP contribution < -0.4 is 4.90 Å². The maximum absolute atomic E-state index is 12.9. The smallest absolute Gasteiger partial charge is 0.270 e. The van der Waals surface area contributed by atoms with Crippen molar-refractivity contribution in [1.29, 1.82) is 0 Å². The maximum atomic E-state index is 12.9. The Bertz CT molecular complexity index is 1300. The fourth-order valence-electron chi connectivity index (χ4n) is 3.28. The number of carbonyl (C=O) groups excluding carboxylic acids is 3. The van der Waals surface area contributed by atoms with E-state index >= 15 is 0 Å². The number of carbonyl (C=O) groups is 3. The highest BCUT2D eigenvalue weighted by atomic mass is 16.6. The minimum atomic E-state index is -0.593. The molecule has 144 valence electrons. The topological polar surface area (TPSA) is 97.6 Å². The zero-order valence-corrected chi connectivity index (χ0v) is 15.4. The van der Waals surface area contributed by atoms with Gasteiger partial charge < -0.3 is 0 Å². The van der Waals surface area contributed by atoms with Gasteiger partial charge in [0.05, 0.1) is 21.7 Å². The fraction of sp³-hybridized carbons (Fsp3) is 0. The molecule has 0 aliphatic carbocycles. The first kappa shape index (κ1) is 18.8. The summed E-state index contributed by atoms with van der Waals surface area (Å²) < 4.78 is 0. The summed E-state index contributed by atoms with van der Waals surface area (Å²) in [5, 5.41) is 11.0. The lowest BCUT2D eigenvalue weighted by molar-refractivity contribution is -0.384. The first-order chi connectivity index (χ1) is 14.4. The summed E-state index contributed by atoms with van der Waals surface area (Å²) in [6.45, 7) is 0. The van der Waals surface area contributed by atoms with Crippen molar-refractivity contribution in [1.82, 2.24) is 0 Å². The molecule has 1 heterocycles. The number of benzene rings is 3. The summed E-state index contributed by atoms with van der Waals surface area (Å²) in [6.07, 6.45) is 5.39. The summed E-state index contributed by atoms with van der Waals surface area (Å²) in [7, 11) is 0. The summed E-state index contributed by atoms with van der Waals surface area (Å²) in [5.41, 5.74) is 1.15. The third kappa shape index (κ3) is 3.02. The number of fused-ring (bicyclic) bond motifs is 1. The van der Waals surface area contributed by atoms with Crippen LogP contribution in [0.3, 0.4) is 0 Å². The zero-order chi connectivity index (χ0) is 21.4. The number of hydrogen-bond acceptors (Lipinski definition) is 5. The Labute approximate surface area is 170 Å². The van der Waals surface area contributed by atoms with Crippen molar-refractivity contribution in [2.24, 2.45) is 0 Å². The van der Waals surface area contributed by atoms with Gasteiger partial charge in [-0.15, -0.1) is 6.42 Å². The number of imide groups is 1. The molecule has 0 aromatic heterocycles. The van der Waals surface area contributed by atoms with Gasteiger partial charge in [0.2, 0.25) is 0 Å². The normalized spacial score (nSPS) is 12.4. The molecule has 1 aliphatic heterocycles. The van der Waals surface area contributed by atoms with Crippen molar-refractivity contribution < 1.29 is 19.3 Å². The van der Waals surface area contributed by atoms with Crippen LogP contribution >= 0.6 is 0 Å². The van der Waals surface area contributed by atoms with Gasteiger partial charge >= 0.3 is 0 Å². The summed E-state index contributed by atoms with van der Waals surface area (Å²) in [6, 6.07) is 15.9. The lowest BCUT2D eigenvalue weighted by atomic mass is 9.99. The second-order valence-electron chi connectivity index (χ2n) is 6.54. The molecule has 30 heavy (non-hydrogen) atoms. The summed E-state index contributed by atoms with van der Waals surface area (Å²) >= 11 is 0. The molecule has 7 nitrogen and oxygen atoms in total. The lowest BCUT2D eigenvalue weighted by Gasteiger charge is -2.13. The van der Waals surface area contributed by atoms with Gasteiger partial charge in [-0.25, -0.2) is 4.90 Å². The molecule has 1 aliphatic rings. The third-order valence-corrected chi connectivity index (χ3v) is 4.74. The Hall–Kier alpha value is -4.57. The molecule has 0 spiro atoms. The van der Waals surface area contributed by atoms with E-state index in [0.29, 0.717) is 11.3 Å². The van der Waals surface area contributed by atoms with Gasteiger partial charge in [-0.05, 0) is 30.3 Å². The first-order valence-corrected chi connectivity index (χ1v) is 8.79. The van der Waals surface area contributed by atoms with Gasteiger partial charge in [-0.3, -0.25) is 24.5 Å². The van der Waals surface area contributed by atoms with E-state index in [-0.39, 0.29) is 27.9 Å². The van der Waals surface area contributed by atoms with E-state index in [1.807, 2.05) is 0 Å². The van der Waals surface area contributed by atoms with E-state index in [0.717, 1.165) is 4.90 Å². The number of amides is 2. The van der Waals surface area contributed by atoms with Gasteiger partial charge in [0.1, 0.15) is 0 Å². The molecule has 0 atom stereocenters. The minimum Gasteiger partial charge on any atom is -0.289 e. The van der Waals surface area contributed by atoms with Crippen molar-refractivity contribution in [2.75, 3.05) is 4.90 Å². The molecule has 3 aromatic carbocycles. The third-order valence-electron chi connectivity index (χ3n) is 4.74. The number of non-ortho nitro benzene ring substituents is 1. The molecule has 0 saturated carbocycles. The van der Waals surface area contributed by atoms with Crippen molar-refractivity contribution in [3.05, 3.63) is 105 Å². The Kier molecular flexibility index (Phi) is 4.45. The quantitative estimate of drug-likeness (QED) is 0.221. The number of nitro groups is 1. The molecule has 4 rings (SSSR count). The Balaban J connectivity index is 1.72. The molecular weight excluding hydrogens is 384 g/mol. The molecule has 3 aromatic rings. The zero-order valence-electron chi connectivity index (χ0n) is 15.4. The van der Waals surface area contributed by atoms with E-state index < -0.39 is 22.5 Å². The van der Waals surface area contributed by atoms with Crippen LogP contribution in [0, 0.1) is 22.5 Å². The van der Waals surface area contributed by atoms with Crippen LogP contribution in [0.2, 0.25) is 0 Å². The number of ketones is 1. The standard InChI is InChI=1S/C23H12N2O5/c1-2-14-5-3-7-17(11-14)24-22(27)19-10-9-16(13-20(19)23(24)28)21(26)15-6-4-8-18(12-15)25(29)30/h1,3-13H. The van der Waals surface area contributed by atoms with Crippen LogP contribution in [-0.2, 0) is 0 Å². The Morgan fingerprint density at radius 3 is 2.33 bits per heavy atom. The molecule has 0 saturated heterocycles. The van der Waals surface area contributed by atoms with Crippen LogP contribution in [-0.4, -0.2) is 22.5 Å². The first-order valence-electron chi connectivity index (χ1n) is 8.79. The SMILES string of the molecule is C#Cc1cccc(N2C(=O)c3ccc(C(=O)c4cccc([N+](=O)[O-])c4)cc3C2=O)c1. The van der Waals surface area contributed by atoms with Crippen LogP contribution in [0.4, 0.5) is 11.4 Å². The van der Waals surface area contributed by atoms with E-state index in [4.69, 9.17) is 6.42 Å². The van der Waals surface area contributed by atoms with Crippen molar-refractivity contribution in [2.45, 2.75) is 0 Å². The summed E-state index contributed by atoms with van der Waals surface area (Å²) in [5.74, 6) is 0.877. The van der Waals surface area contributed by atoms with Gasteiger partial charge in [-0.1, -0.05) is 30.2 Å². The van der Waals surface area contributed by atoms with Crippen LogP contribution in [0.5, 0.6) is 0 Å². The predicted octanol–water partition coefficient (Wildman–Crippen LogP) is 3.61. The molecule has 0 bridgehead atoms. The summed E-state index contributed by atoms with van der Waals surface area (Å²) in [4.78, 5) is 49.8. The number of terminal acetylenes is 1. The highest BCUT2D eigenvalue weighted by Crippen LogP contribution is 2.30. The van der Waals surface area contributed by atoms with Gasteiger partial charge in [0.25, 0.3) is 17.5 Å². The largest absolute Gasteiger partial charge is 0.289 e. The molecule has 0 fully saturated rings. The maximum Gasteiger partial charge on any atom is 0.270 e. The molecule has 0 unspecified atom stereocenters. The van der Waals surface area contributed by atoms with Crippen molar-refractivity contribution in [3.63, 3.8) is 0 Å². The molecule has 0 radical (unpaired) electrons. The molecule has 0 N–H and O–H groups in total. The lowest BCUT2D eigenvalue weighted by Crippen LogP contribution is -2.29. The van der Waals surface area contributed by atoms with E-state index in [9.17, 15) is 24.5 Å². The Morgan fingerprint density at radius 2 is 1.60 bits per heavy atom. The number of hydrogen-bond donors (Lipinski definition) is 0. The van der Waals surface area contributed by atoms with E-state index in [1.165, 1.54) is 42.5 Å². The highest BCUT2D eigenvalue weighted by molar-refractivity contribution is 6.35. The van der Waals surface area contributed by atoms with E-state index in [1.54, 1.807) is 24.3 Å². The average Bonchev–Trinajstić information content (AvgIpc) is 3.02. The van der Waals surface area contributed by atoms with Crippen molar-refractivity contribution in [3.8, 4) is 12.3 Å². The minimum absolute atomic E-state index is 0.0855. The molecule has 2 amide bonds. The van der Waals surface area contributed by atoms with Gasteiger partial charge in [0.15, 0.2) is 5.78 Å². The van der Waals surface area contributed by atoms with E-state index in [2.05, 4.69) is 5.92 Å². The predicted molar refractivity (Wildman–Crippen MR) is 108 cm³/mol.